The Kier molecular flexibility index (Phi) is 7.90. The fourth-order valence-corrected chi connectivity index (χ4v) is 5.67. The Bertz CT molecular complexity index is 1740. The van der Waals surface area contributed by atoms with Crippen molar-refractivity contribution in [2.24, 2.45) is 4.99 Å². The molecule has 0 radical (unpaired) electrons. The number of thiazole rings is 1. The van der Waals surface area contributed by atoms with Crippen molar-refractivity contribution in [3.63, 3.8) is 0 Å². The van der Waals surface area contributed by atoms with Gasteiger partial charge in [0.15, 0.2) is 4.80 Å². The number of ether oxygens (including phenoxy) is 2. The predicted octanol–water partition coefficient (Wildman–Crippen LogP) is 5.28. The van der Waals surface area contributed by atoms with Crippen molar-refractivity contribution >= 4 is 39.3 Å². The van der Waals surface area contributed by atoms with E-state index in [1.54, 1.807) is 32.1 Å². The molecule has 0 unspecified atom stereocenters. The van der Waals surface area contributed by atoms with E-state index < -0.39 is 17.8 Å². The van der Waals surface area contributed by atoms with Crippen molar-refractivity contribution in [1.29, 1.82) is 0 Å². The van der Waals surface area contributed by atoms with Crippen LogP contribution in [0.1, 0.15) is 36.6 Å². The molecule has 0 N–H and O–H groups in total. The summed E-state index contributed by atoms with van der Waals surface area (Å²) in [5, 5.41) is 0. The first-order valence-corrected chi connectivity index (χ1v) is 13.9. The maximum atomic E-state index is 13.8. The Morgan fingerprint density at radius 3 is 2.54 bits per heavy atom. The lowest BCUT2D eigenvalue weighted by atomic mass is 9.96. The summed E-state index contributed by atoms with van der Waals surface area (Å²) in [5.41, 5.74) is 2.72. The predicted molar refractivity (Wildman–Crippen MR) is 152 cm³/mol. The number of hydrogen-bond acceptors (Lipinski definition) is 6. The quantitative estimate of drug-likeness (QED) is 0.268. The fourth-order valence-electron chi connectivity index (χ4n) is 4.37. The molecule has 198 valence electrons. The van der Waals surface area contributed by atoms with Gasteiger partial charge in [-0.2, -0.15) is 0 Å². The zero-order chi connectivity index (χ0) is 27.5. The summed E-state index contributed by atoms with van der Waals surface area (Å²) in [6, 6.07) is 20.3. The van der Waals surface area contributed by atoms with Gasteiger partial charge in [-0.3, -0.25) is 9.36 Å². The molecule has 2 heterocycles. The van der Waals surface area contributed by atoms with Gasteiger partial charge >= 0.3 is 5.97 Å². The zero-order valence-corrected chi connectivity index (χ0v) is 23.6. The highest BCUT2D eigenvalue weighted by atomic mass is 79.9. The van der Waals surface area contributed by atoms with Gasteiger partial charge in [0.05, 0.1) is 28.5 Å². The molecule has 9 heteroatoms. The molecule has 39 heavy (non-hydrogen) atoms. The molecule has 3 aromatic carbocycles. The molecular formula is C30H24BrFN2O4S. The van der Waals surface area contributed by atoms with Crippen LogP contribution in [0.15, 0.2) is 98.3 Å². The maximum absolute atomic E-state index is 13.8. The Hall–Kier alpha value is -3.82. The van der Waals surface area contributed by atoms with Gasteiger partial charge in [0.1, 0.15) is 18.2 Å². The van der Waals surface area contributed by atoms with Gasteiger partial charge in [-0.1, -0.05) is 69.7 Å². The number of halogens is 2. The molecule has 0 aliphatic carbocycles. The van der Waals surface area contributed by atoms with Crippen molar-refractivity contribution < 1.29 is 18.7 Å². The molecule has 0 bridgehead atoms. The Morgan fingerprint density at radius 1 is 1.10 bits per heavy atom. The lowest BCUT2D eigenvalue weighted by Crippen LogP contribution is -2.39. The molecule has 0 spiro atoms. The van der Waals surface area contributed by atoms with Gasteiger partial charge in [-0.15, -0.1) is 0 Å². The molecule has 1 aliphatic rings. The minimum Gasteiger partial charge on any atom is -0.488 e. The van der Waals surface area contributed by atoms with Crippen molar-refractivity contribution in [2.75, 3.05) is 6.61 Å². The van der Waals surface area contributed by atoms with Crippen LogP contribution in [0.25, 0.3) is 6.08 Å². The van der Waals surface area contributed by atoms with E-state index in [2.05, 4.69) is 20.9 Å². The molecule has 0 fully saturated rings. The van der Waals surface area contributed by atoms with Crippen LogP contribution in [0.4, 0.5) is 4.39 Å². The SMILES string of the molecule is CCOC(=O)C1=C(C)N=c2s/c(=C\c3ccccc3OCc3ccc(Br)cc3)c(=O)n2[C@H]1c1ccc(F)cc1. The first-order chi connectivity index (χ1) is 18.9. The smallest absolute Gasteiger partial charge is 0.338 e. The number of allylic oxidation sites excluding steroid dienone is 1. The van der Waals surface area contributed by atoms with Crippen LogP contribution >= 0.6 is 27.3 Å². The Labute approximate surface area is 236 Å². The van der Waals surface area contributed by atoms with Crippen LogP contribution < -0.4 is 19.6 Å². The van der Waals surface area contributed by atoms with E-state index in [-0.39, 0.29) is 17.7 Å². The normalized spacial score (nSPS) is 15.1. The third-order valence-electron chi connectivity index (χ3n) is 6.22. The standard InChI is InChI=1S/C30H24BrFN2O4S/c1-3-37-29(36)26-18(2)33-30-34(27(26)20-10-14-23(32)15-11-20)28(35)25(39-30)16-21-6-4-5-7-24(21)38-17-19-8-12-22(31)13-9-19/h4-16,27H,3,17H2,1-2H3/b25-16-/t27-/m0/s1. The molecule has 0 saturated heterocycles. The van der Waals surface area contributed by atoms with Crippen molar-refractivity contribution in [1.82, 2.24) is 4.57 Å². The second kappa shape index (κ2) is 11.5. The van der Waals surface area contributed by atoms with Gasteiger partial charge < -0.3 is 9.47 Å². The lowest BCUT2D eigenvalue weighted by molar-refractivity contribution is -0.139. The average molecular weight is 608 g/mol. The van der Waals surface area contributed by atoms with Crippen LogP contribution in [-0.4, -0.2) is 17.1 Å². The molecule has 6 nitrogen and oxygen atoms in total. The Balaban J connectivity index is 1.59. The summed E-state index contributed by atoms with van der Waals surface area (Å²) in [6.45, 7) is 3.97. The van der Waals surface area contributed by atoms with Gasteiger partial charge in [-0.05, 0) is 61.4 Å². The molecule has 1 atom stereocenters. The Morgan fingerprint density at radius 2 is 1.82 bits per heavy atom. The molecule has 0 saturated carbocycles. The van der Waals surface area contributed by atoms with Crippen molar-refractivity contribution in [2.45, 2.75) is 26.5 Å². The third-order valence-corrected chi connectivity index (χ3v) is 7.73. The summed E-state index contributed by atoms with van der Waals surface area (Å²) in [5.74, 6) is -0.344. The van der Waals surface area contributed by atoms with Crippen LogP contribution in [0.3, 0.4) is 0 Å². The van der Waals surface area contributed by atoms with E-state index in [1.165, 1.54) is 28.0 Å². The molecular weight excluding hydrogens is 583 g/mol. The number of hydrogen-bond donors (Lipinski definition) is 0. The van der Waals surface area contributed by atoms with E-state index >= 15 is 0 Å². The second-order valence-electron chi connectivity index (χ2n) is 8.81. The van der Waals surface area contributed by atoms with E-state index in [1.807, 2.05) is 48.5 Å². The van der Waals surface area contributed by atoms with Crippen molar-refractivity contribution in [3.05, 3.63) is 131 Å². The molecule has 1 aliphatic heterocycles. The summed E-state index contributed by atoms with van der Waals surface area (Å²) < 4.78 is 28.0. The number of fused-ring (bicyclic) bond motifs is 1. The molecule has 1 aromatic heterocycles. The first kappa shape index (κ1) is 26.8. The van der Waals surface area contributed by atoms with Gasteiger partial charge in [-0.25, -0.2) is 14.2 Å². The number of carbonyl (C=O) groups excluding carboxylic acids is 1. The monoisotopic (exact) mass is 606 g/mol. The summed E-state index contributed by atoms with van der Waals surface area (Å²) in [7, 11) is 0. The summed E-state index contributed by atoms with van der Waals surface area (Å²) in [6.07, 6.45) is 1.77. The van der Waals surface area contributed by atoms with E-state index in [0.29, 0.717) is 33.0 Å². The third kappa shape index (κ3) is 5.65. The fraction of sp³-hybridized carbons (Fsp3) is 0.167. The number of benzene rings is 3. The maximum Gasteiger partial charge on any atom is 0.338 e. The van der Waals surface area contributed by atoms with E-state index in [9.17, 15) is 14.0 Å². The topological polar surface area (TPSA) is 69.9 Å². The number of esters is 1. The minimum atomic E-state index is -0.799. The largest absolute Gasteiger partial charge is 0.488 e. The second-order valence-corrected chi connectivity index (χ2v) is 10.7. The first-order valence-electron chi connectivity index (χ1n) is 12.3. The molecule has 4 aromatic rings. The molecule has 5 rings (SSSR count). The van der Waals surface area contributed by atoms with Gasteiger partial charge in [0.25, 0.3) is 5.56 Å². The highest BCUT2D eigenvalue weighted by Crippen LogP contribution is 2.31. The van der Waals surface area contributed by atoms with Crippen LogP contribution in [0, 0.1) is 5.82 Å². The zero-order valence-electron chi connectivity index (χ0n) is 21.2. The highest BCUT2D eigenvalue weighted by molar-refractivity contribution is 9.10. The van der Waals surface area contributed by atoms with Crippen LogP contribution in [0.2, 0.25) is 0 Å². The van der Waals surface area contributed by atoms with Crippen molar-refractivity contribution in [3.8, 4) is 5.75 Å². The van der Waals surface area contributed by atoms with Crippen LogP contribution in [0.5, 0.6) is 5.75 Å². The summed E-state index contributed by atoms with van der Waals surface area (Å²) in [4.78, 5) is 31.8. The van der Waals surface area contributed by atoms with Gasteiger partial charge in [0, 0.05) is 10.0 Å². The van der Waals surface area contributed by atoms with E-state index in [4.69, 9.17) is 9.47 Å². The summed E-state index contributed by atoms with van der Waals surface area (Å²) >= 11 is 4.66. The number of carbonyl (C=O) groups is 1. The van der Waals surface area contributed by atoms with Gasteiger partial charge in [0.2, 0.25) is 0 Å². The minimum absolute atomic E-state index is 0.174. The lowest BCUT2D eigenvalue weighted by Gasteiger charge is -2.24. The number of para-hydroxylation sites is 1. The number of rotatable bonds is 7. The number of nitrogens with zero attached hydrogens (tertiary/aromatic N) is 2. The van der Waals surface area contributed by atoms with E-state index in [0.717, 1.165) is 15.6 Å². The highest BCUT2D eigenvalue weighted by Gasteiger charge is 2.33. The average Bonchev–Trinajstić information content (AvgIpc) is 3.23. The molecule has 0 amide bonds. The van der Waals surface area contributed by atoms with Crippen LogP contribution in [-0.2, 0) is 16.1 Å². The number of aromatic nitrogens is 1.